The number of amides is 4. The zero-order chi connectivity index (χ0) is 30.6. The van der Waals surface area contributed by atoms with E-state index in [1.165, 1.54) is 35.2 Å². The van der Waals surface area contributed by atoms with Crippen molar-refractivity contribution in [2.45, 2.75) is 89.4 Å². The number of ketones is 1. The molecule has 0 radical (unpaired) electrons. The van der Waals surface area contributed by atoms with Gasteiger partial charge in [-0.05, 0) is 33.1 Å². The smallest absolute Gasteiger partial charge is 0.333 e. The quantitative estimate of drug-likeness (QED) is 0.259. The molecule has 0 spiro atoms. The van der Waals surface area contributed by atoms with Gasteiger partial charge in [0.2, 0.25) is 11.7 Å². The number of oxazole rings is 1. The first-order valence-corrected chi connectivity index (χ1v) is 14.0. The molecule has 42 heavy (non-hydrogen) atoms. The van der Waals surface area contributed by atoms with E-state index in [0.29, 0.717) is 5.69 Å². The molecular formula is C27H36N8O7. The van der Waals surface area contributed by atoms with Crippen molar-refractivity contribution in [2.24, 2.45) is 16.6 Å². The summed E-state index contributed by atoms with van der Waals surface area (Å²) in [5.74, 6) is -4.51. The molecular weight excluding hydrogens is 548 g/mol. The molecule has 4 amide bonds. The molecule has 0 aromatic carbocycles. The number of rotatable bonds is 10. The summed E-state index contributed by atoms with van der Waals surface area (Å²) in [5, 5.41) is 21.1. The zero-order valence-corrected chi connectivity index (χ0v) is 23.9. The highest BCUT2D eigenvalue weighted by molar-refractivity contribution is 6.41. The fraction of sp³-hybridized carbons (Fsp3) is 0.593. The van der Waals surface area contributed by atoms with Crippen molar-refractivity contribution >= 4 is 35.1 Å². The van der Waals surface area contributed by atoms with Crippen LogP contribution in [0.2, 0.25) is 0 Å². The lowest BCUT2D eigenvalue weighted by molar-refractivity contribution is -0.139. The Labute approximate surface area is 241 Å². The van der Waals surface area contributed by atoms with Crippen molar-refractivity contribution in [3.8, 4) is 0 Å². The van der Waals surface area contributed by atoms with Gasteiger partial charge in [0.1, 0.15) is 23.6 Å². The zero-order valence-electron chi connectivity index (χ0n) is 23.9. The highest BCUT2D eigenvalue weighted by Gasteiger charge is 2.44. The van der Waals surface area contributed by atoms with Crippen LogP contribution in [0.25, 0.3) is 0 Å². The number of aliphatic imine (C=N–C) groups is 1. The largest absolute Gasteiger partial charge is 0.441 e. The second-order valence-corrected chi connectivity index (χ2v) is 11.4. The Morgan fingerprint density at radius 2 is 1.93 bits per heavy atom. The first-order chi connectivity index (χ1) is 19.9. The van der Waals surface area contributed by atoms with E-state index in [1.54, 1.807) is 13.8 Å². The van der Waals surface area contributed by atoms with Crippen LogP contribution in [0.1, 0.15) is 88.1 Å². The second kappa shape index (κ2) is 12.7. The van der Waals surface area contributed by atoms with E-state index in [0.717, 1.165) is 32.1 Å². The van der Waals surface area contributed by atoms with Gasteiger partial charge in [0.15, 0.2) is 0 Å². The molecule has 4 rings (SSSR count). The Hall–Kier alpha value is -4.27. The van der Waals surface area contributed by atoms with Crippen molar-refractivity contribution < 1.29 is 33.5 Å². The van der Waals surface area contributed by atoms with Crippen LogP contribution in [0.4, 0.5) is 0 Å². The average molecular weight is 585 g/mol. The number of aliphatic hydroxyl groups is 1. The van der Waals surface area contributed by atoms with Gasteiger partial charge in [-0.15, -0.1) is 5.10 Å². The standard InChI is InChI=1S/C27H36N8O7/c1-15(21(36)22(28)37)31-23(38)19-12-17(35-20(13-30-33-35)27(2,3)41)14-34(19)26(40)18(11-16-7-5-4-6-8-16)32-24(39)25-29-9-10-42-25/h9-10,13,15-17,19,41H,4-8,11-12,14H2,1-3H3,(H2,28,37)(H,31,38)/t15?,17-,19-/m0/s1. The number of nitrogens with one attached hydrogen (secondary N) is 1. The number of carbonyl (C=O) groups is 5. The predicted octanol–water partition coefficient (Wildman–Crippen LogP) is 0.446. The van der Waals surface area contributed by atoms with Crippen LogP contribution in [0.3, 0.4) is 0 Å². The summed E-state index contributed by atoms with van der Waals surface area (Å²) in [4.78, 5) is 73.2. The van der Waals surface area contributed by atoms with Crippen LogP contribution >= 0.6 is 0 Å². The molecule has 15 nitrogen and oxygen atoms in total. The third-order valence-corrected chi connectivity index (χ3v) is 7.69. The molecule has 3 atom stereocenters. The van der Waals surface area contributed by atoms with Crippen molar-refractivity contribution in [3.63, 3.8) is 0 Å². The maximum atomic E-state index is 14.1. The van der Waals surface area contributed by atoms with Crippen molar-refractivity contribution in [2.75, 3.05) is 6.54 Å². The normalized spacial score (nSPS) is 20.8. The molecule has 4 N–H and O–H groups in total. The van der Waals surface area contributed by atoms with Gasteiger partial charge in [0.05, 0.1) is 30.2 Å². The molecule has 1 saturated carbocycles. The SMILES string of the molecule is CC(NC(=O)[C@@H]1C[C@H](n2nncc2C(C)(C)O)CN1C(=O)C(CC1CCCCC1)=NC(=O)c1ncco1)C(=O)C(N)=O. The van der Waals surface area contributed by atoms with Gasteiger partial charge in [0.25, 0.3) is 17.7 Å². The highest BCUT2D eigenvalue weighted by atomic mass is 16.3. The first kappa shape index (κ1) is 30.7. The summed E-state index contributed by atoms with van der Waals surface area (Å²) in [6.07, 6.45) is 9.00. The molecule has 1 saturated heterocycles. The summed E-state index contributed by atoms with van der Waals surface area (Å²) < 4.78 is 6.54. The minimum absolute atomic E-state index is 0.0294. The van der Waals surface area contributed by atoms with Crippen LogP contribution in [-0.2, 0) is 24.8 Å². The number of hydrogen-bond donors (Lipinski definition) is 3. The lowest BCUT2D eigenvalue weighted by atomic mass is 9.85. The number of Topliss-reactive ketones (excluding diaryl/α,β-unsaturated/α-hetero) is 1. The van der Waals surface area contributed by atoms with E-state index in [2.05, 4.69) is 25.6 Å². The maximum Gasteiger partial charge on any atom is 0.333 e. The van der Waals surface area contributed by atoms with Crippen molar-refractivity contribution in [1.82, 2.24) is 30.2 Å². The maximum absolute atomic E-state index is 14.1. The molecule has 1 unspecified atom stereocenters. The van der Waals surface area contributed by atoms with Gasteiger partial charge in [-0.3, -0.25) is 24.0 Å². The van der Waals surface area contributed by atoms with Gasteiger partial charge in [0, 0.05) is 13.0 Å². The van der Waals surface area contributed by atoms with Crippen LogP contribution in [0.15, 0.2) is 28.1 Å². The molecule has 0 bridgehead atoms. The van der Waals surface area contributed by atoms with Crippen LogP contribution in [0, 0.1) is 5.92 Å². The minimum atomic E-state index is -1.32. The van der Waals surface area contributed by atoms with E-state index in [-0.39, 0.29) is 36.9 Å². The highest BCUT2D eigenvalue weighted by Crippen LogP contribution is 2.33. The van der Waals surface area contributed by atoms with Gasteiger partial charge in [-0.25, -0.2) is 14.7 Å². The summed E-state index contributed by atoms with van der Waals surface area (Å²) in [6.45, 7) is 4.41. The fourth-order valence-corrected chi connectivity index (χ4v) is 5.51. The number of carbonyl (C=O) groups excluding carboxylic acids is 5. The van der Waals surface area contributed by atoms with E-state index < -0.39 is 53.1 Å². The van der Waals surface area contributed by atoms with Gasteiger partial charge < -0.3 is 25.5 Å². The number of nitrogens with two attached hydrogens (primary N) is 1. The van der Waals surface area contributed by atoms with Gasteiger partial charge in [-0.1, -0.05) is 37.3 Å². The topological polar surface area (TPSA) is 216 Å². The summed E-state index contributed by atoms with van der Waals surface area (Å²) in [7, 11) is 0. The Morgan fingerprint density at radius 3 is 2.55 bits per heavy atom. The molecule has 1 aliphatic carbocycles. The van der Waals surface area contributed by atoms with E-state index in [4.69, 9.17) is 10.2 Å². The number of primary amides is 1. The van der Waals surface area contributed by atoms with E-state index in [1.807, 2.05) is 0 Å². The number of likely N-dealkylation sites (tertiary alicyclic amines) is 1. The first-order valence-electron chi connectivity index (χ1n) is 14.0. The number of hydrogen-bond acceptors (Lipinski definition) is 10. The van der Waals surface area contributed by atoms with Crippen LogP contribution < -0.4 is 11.1 Å². The van der Waals surface area contributed by atoms with Crippen molar-refractivity contribution in [1.29, 1.82) is 0 Å². The Balaban J connectivity index is 1.68. The van der Waals surface area contributed by atoms with E-state index in [9.17, 15) is 29.1 Å². The number of nitrogens with zero attached hydrogens (tertiary/aromatic N) is 6. The minimum Gasteiger partial charge on any atom is -0.441 e. The van der Waals surface area contributed by atoms with Crippen LogP contribution in [0.5, 0.6) is 0 Å². The summed E-state index contributed by atoms with van der Waals surface area (Å²) in [6, 6.07) is -2.95. The Kier molecular flexibility index (Phi) is 9.29. The Morgan fingerprint density at radius 1 is 1.21 bits per heavy atom. The number of aromatic nitrogens is 4. The summed E-state index contributed by atoms with van der Waals surface area (Å²) in [5.41, 5.74) is 4.10. The van der Waals surface area contributed by atoms with Crippen molar-refractivity contribution in [3.05, 3.63) is 30.2 Å². The molecule has 226 valence electrons. The Bertz CT molecular complexity index is 1350. The fourth-order valence-electron chi connectivity index (χ4n) is 5.51. The van der Waals surface area contributed by atoms with E-state index >= 15 is 0 Å². The van der Waals surface area contributed by atoms with Gasteiger partial charge in [-0.2, -0.15) is 0 Å². The molecule has 3 heterocycles. The van der Waals surface area contributed by atoms with Gasteiger partial charge >= 0.3 is 5.91 Å². The average Bonchev–Trinajstić information content (AvgIpc) is 3.72. The monoisotopic (exact) mass is 584 g/mol. The van der Waals surface area contributed by atoms with Crippen LogP contribution in [-0.4, -0.2) is 83.7 Å². The third kappa shape index (κ3) is 6.95. The lowest BCUT2D eigenvalue weighted by Gasteiger charge is -2.27. The second-order valence-electron chi connectivity index (χ2n) is 11.4. The predicted molar refractivity (Wildman–Crippen MR) is 146 cm³/mol. The molecule has 1 aliphatic heterocycles. The molecule has 15 heteroatoms. The lowest BCUT2D eigenvalue weighted by Crippen LogP contribution is -2.52. The molecule has 2 aromatic heterocycles. The molecule has 2 aromatic rings. The molecule has 2 fully saturated rings. The molecule has 2 aliphatic rings. The third-order valence-electron chi connectivity index (χ3n) is 7.69. The summed E-state index contributed by atoms with van der Waals surface area (Å²) >= 11 is 0.